The van der Waals surface area contributed by atoms with Crippen LogP contribution in [0.1, 0.15) is 25.0 Å². The van der Waals surface area contributed by atoms with E-state index in [4.69, 9.17) is 4.74 Å². The molecule has 1 aliphatic heterocycles. The molecule has 128 valence electrons. The van der Waals surface area contributed by atoms with E-state index in [-0.39, 0.29) is 18.9 Å². The number of aliphatic carboxylic acids is 1. The highest BCUT2D eigenvalue weighted by atomic mass is 16.5. The number of rotatable bonds is 5. The molecule has 1 amide bonds. The molecule has 1 saturated heterocycles. The van der Waals surface area contributed by atoms with Crippen molar-refractivity contribution in [3.63, 3.8) is 0 Å². The number of nitrogens with one attached hydrogen (secondary N) is 1. The molecule has 6 heteroatoms. The average Bonchev–Trinajstić information content (AvgIpc) is 2.83. The third kappa shape index (κ3) is 3.43. The molecule has 1 fully saturated rings. The molecule has 2 aromatic rings. The third-order valence-corrected chi connectivity index (χ3v) is 4.66. The maximum atomic E-state index is 12.6. The lowest BCUT2D eigenvalue weighted by atomic mass is 9.86. The van der Waals surface area contributed by atoms with Crippen LogP contribution in [0.15, 0.2) is 30.3 Å². The van der Waals surface area contributed by atoms with Crippen LogP contribution in [-0.2, 0) is 20.9 Å². The lowest BCUT2D eigenvalue weighted by Crippen LogP contribution is -2.54. The number of amides is 1. The third-order valence-electron chi connectivity index (χ3n) is 4.66. The molecular formula is C18H22N2O4. The van der Waals surface area contributed by atoms with Gasteiger partial charge in [0.1, 0.15) is 6.54 Å². The Morgan fingerprint density at radius 2 is 2.00 bits per heavy atom. The number of ether oxygens (including phenoxy) is 1. The molecule has 1 aromatic carbocycles. The number of nitrogens with zero attached hydrogens (tertiary/aromatic N) is 1. The lowest BCUT2D eigenvalue weighted by Gasteiger charge is -2.37. The number of para-hydroxylation sites is 1. The number of carboxylic acid groups (broad SMARTS) is 1. The van der Waals surface area contributed by atoms with E-state index in [9.17, 15) is 14.7 Å². The minimum absolute atomic E-state index is 0.0759. The van der Waals surface area contributed by atoms with Crippen LogP contribution in [-0.4, -0.2) is 40.3 Å². The van der Waals surface area contributed by atoms with Gasteiger partial charge in [0, 0.05) is 24.4 Å². The van der Waals surface area contributed by atoms with Gasteiger partial charge in [-0.1, -0.05) is 18.2 Å². The van der Waals surface area contributed by atoms with Gasteiger partial charge in [-0.05, 0) is 37.3 Å². The SMILES string of the molecule is Cc1cc2ccccc2n1CC(=O)NC1(CC(=O)O)CCOCC1. The number of hydrogen-bond donors (Lipinski definition) is 2. The summed E-state index contributed by atoms with van der Waals surface area (Å²) in [5.74, 6) is -1.07. The number of hydrogen-bond acceptors (Lipinski definition) is 3. The summed E-state index contributed by atoms with van der Waals surface area (Å²) in [5.41, 5.74) is 1.30. The van der Waals surface area contributed by atoms with Crippen molar-refractivity contribution in [2.45, 2.75) is 38.3 Å². The standard InChI is InChI=1S/C18H22N2O4/c1-13-10-14-4-2-3-5-15(14)20(13)12-16(21)19-18(11-17(22)23)6-8-24-9-7-18/h2-5,10H,6-9,11-12H2,1H3,(H,19,21)(H,22,23). The maximum absolute atomic E-state index is 12.6. The van der Waals surface area contributed by atoms with Gasteiger partial charge in [0.25, 0.3) is 0 Å². The van der Waals surface area contributed by atoms with Gasteiger partial charge in [-0.15, -0.1) is 0 Å². The van der Waals surface area contributed by atoms with Crippen LogP contribution in [0.5, 0.6) is 0 Å². The quantitative estimate of drug-likeness (QED) is 0.880. The first kappa shape index (κ1) is 16.5. The second-order valence-corrected chi connectivity index (χ2v) is 6.44. The predicted molar refractivity (Wildman–Crippen MR) is 89.9 cm³/mol. The first-order valence-electron chi connectivity index (χ1n) is 8.15. The van der Waals surface area contributed by atoms with E-state index in [1.54, 1.807) is 0 Å². The average molecular weight is 330 g/mol. The summed E-state index contributed by atoms with van der Waals surface area (Å²) in [7, 11) is 0. The molecule has 2 heterocycles. The van der Waals surface area contributed by atoms with Gasteiger partial charge >= 0.3 is 5.97 Å². The fraction of sp³-hybridized carbons (Fsp3) is 0.444. The smallest absolute Gasteiger partial charge is 0.305 e. The number of carboxylic acids is 1. The molecule has 0 unspecified atom stereocenters. The molecule has 0 radical (unpaired) electrons. The van der Waals surface area contributed by atoms with Gasteiger partial charge in [0.2, 0.25) is 5.91 Å². The molecule has 6 nitrogen and oxygen atoms in total. The number of aromatic nitrogens is 1. The van der Waals surface area contributed by atoms with Crippen LogP contribution >= 0.6 is 0 Å². The zero-order valence-corrected chi connectivity index (χ0v) is 13.7. The summed E-state index contributed by atoms with van der Waals surface area (Å²) < 4.78 is 7.28. The predicted octanol–water partition coefficient (Wildman–Crippen LogP) is 2.09. The van der Waals surface area contributed by atoms with Gasteiger partial charge in [-0.25, -0.2) is 0 Å². The van der Waals surface area contributed by atoms with E-state index in [0.717, 1.165) is 16.6 Å². The molecule has 0 bridgehead atoms. The van der Waals surface area contributed by atoms with Crippen molar-refractivity contribution in [3.8, 4) is 0 Å². The maximum Gasteiger partial charge on any atom is 0.305 e. The summed E-state index contributed by atoms with van der Waals surface area (Å²) in [6.45, 7) is 3.09. The molecule has 0 spiro atoms. The molecule has 24 heavy (non-hydrogen) atoms. The Morgan fingerprint density at radius 1 is 1.29 bits per heavy atom. The van der Waals surface area contributed by atoms with E-state index in [0.29, 0.717) is 26.1 Å². The van der Waals surface area contributed by atoms with Crippen LogP contribution in [0.4, 0.5) is 0 Å². The Labute approximate surface area is 140 Å². The topological polar surface area (TPSA) is 80.6 Å². The first-order valence-corrected chi connectivity index (χ1v) is 8.15. The zero-order chi connectivity index (χ0) is 17.2. The lowest BCUT2D eigenvalue weighted by molar-refractivity contribution is -0.140. The molecular weight excluding hydrogens is 308 g/mol. The van der Waals surface area contributed by atoms with Crippen molar-refractivity contribution in [2.75, 3.05) is 13.2 Å². The largest absolute Gasteiger partial charge is 0.481 e. The number of carbonyl (C=O) groups is 2. The van der Waals surface area contributed by atoms with Gasteiger partial charge in [0.05, 0.1) is 12.0 Å². The summed E-state index contributed by atoms with van der Waals surface area (Å²) >= 11 is 0. The van der Waals surface area contributed by atoms with Crippen LogP contribution < -0.4 is 5.32 Å². The summed E-state index contributed by atoms with van der Waals surface area (Å²) in [6.07, 6.45) is 0.973. The second-order valence-electron chi connectivity index (χ2n) is 6.44. The molecule has 0 aliphatic carbocycles. The van der Waals surface area contributed by atoms with E-state index in [1.165, 1.54) is 0 Å². The van der Waals surface area contributed by atoms with Crippen LogP contribution in [0.25, 0.3) is 10.9 Å². The van der Waals surface area contributed by atoms with Gasteiger partial charge in [0.15, 0.2) is 0 Å². The Bertz CT molecular complexity index is 759. The molecule has 1 aliphatic rings. The molecule has 1 aromatic heterocycles. The van der Waals surface area contributed by atoms with Gasteiger partial charge in [-0.2, -0.15) is 0 Å². The van der Waals surface area contributed by atoms with Crippen molar-refractivity contribution in [1.82, 2.24) is 9.88 Å². The minimum Gasteiger partial charge on any atom is -0.481 e. The Morgan fingerprint density at radius 3 is 2.71 bits per heavy atom. The molecule has 0 atom stereocenters. The van der Waals surface area contributed by atoms with E-state index in [1.807, 2.05) is 41.8 Å². The van der Waals surface area contributed by atoms with Crippen molar-refractivity contribution in [2.24, 2.45) is 0 Å². The van der Waals surface area contributed by atoms with Crippen molar-refractivity contribution in [1.29, 1.82) is 0 Å². The number of aryl methyl sites for hydroxylation is 1. The van der Waals surface area contributed by atoms with E-state index < -0.39 is 11.5 Å². The zero-order valence-electron chi connectivity index (χ0n) is 13.7. The second kappa shape index (κ2) is 6.65. The summed E-state index contributed by atoms with van der Waals surface area (Å²) in [4.78, 5) is 23.8. The fourth-order valence-electron chi connectivity index (χ4n) is 3.43. The number of carbonyl (C=O) groups excluding carboxylic acids is 1. The van der Waals surface area contributed by atoms with Crippen LogP contribution in [0.3, 0.4) is 0 Å². The van der Waals surface area contributed by atoms with E-state index in [2.05, 4.69) is 5.32 Å². The highest BCUT2D eigenvalue weighted by molar-refractivity contribution is 5.84. The summed E-state index contributed by atoms with van der Waals surface area (Å²) in [5, 5.41) is 13.3. The van der Waals surface area contributed by atoms with Gasteiger partial charge in [-0.3, -0.25) is 9.59 Å². The number of fused-ring (bicyclic) bond motifs is 1. The Hall–Kier alpha value is -2.34. The number of benzene rings is 1. The van der Waals surface area contributed by atoms with Crippen molar-refractivity contribution >= 4 is 22.8 Å². The monoisotopic (exact) mass is 330 g/mol. The molecule has 3 rings (SSSR count). The normalized spacial score (nSPS) is 16.9. The Kier molecular flexibility index (Phi) is 4.57. The van der Waals surface area contributed by atoms with Crippen LogP contribution in [0, 0.1) is 6.92 Å². The van der Waals surface area contributed by atoms with Crippen molar-refractivity contribution < 1.29 is 19.4 Å². The summed E-state index contributed by atoms with van der Waals surface area (Å²) in [6, 6.07) is 9.96. The molecule has 2 N–H and O–H groups in total. The van der Waals surface area contributed by atoms with Crippen molar-refractivity contribution in [3.05, 3.63) is 36.0 Å². The van der Waals surface area contributed by atoms with Crippen LogP contribution in [0.2, 0.25) is 0 Å². The molecule has 0 saturated carbocycles. The van der Waals surface area contributed by atoms with E-state index >= 15 is 0 Å². The highest BCUT2D eigenvalue weighted by Gasteiger charge is 2.36. The fourth-order valence-corrected chi connectivity index (χ4v) is 3.43. The first-order chi connectivity index (χ1) is 11.5. The minimum atomic E-state index is -0.903. The van der Waals surface area contributed by atoms with Gasteiger partial charge < -0.3 is 19.7 Å². The highest BCUT2D eigenvalue weighted by Crippen LogP contribution is 2.25. The Balaban J connectivity index is 1.78.